The molecule has 0 aliphatic rings. The van der Waals surface area contributed by atoms with Crippen molar-refractivity contribution in [2.24, 2.45) is 0 Å². The number of hydrogen-bond donors (Lipinski definition) is 1. The van der Waals surface area contributed by atoms with E-state index in [1.54, 1.807) is 10.6 Å². The summed E-state index contributed by atoms with van der Waals surface area (Å²) in [6.07, 6.45) is 4.37. The van der Waals surface area contributed by atoms with Crippen LogP contribution in [0.5, 0.6) is 5.75 Å². The summed E-state index contributed by atoms with van der Waals surface area (Å²) in [5.74, 6) is -0.438. The molecule has 0 saturated heterocycles. The van der Waals surface area contributed by atoms with E-state index >= 15 is 0 Å². The largest absolute Gasteiger partial charge is 0.495 e. The molecule has 2 aromatic heterocycles. The first-order valence-electron chi connectivity index (χ1n) is 10.5. The average molecular weight is 476 g/mol. The third-order valence-electron chi connectivity index (χ3n) is 5.47. The smallest absolute Gasteiger partial charge is 0.240 e. The minimum absolute atomic E-state index is 0.0607. The van der Waals surface area contributed by atoms with Gasteiger partial charge in [-0.2, -0.15) is 0 Å². The molecule has 0 fully saturated rings. The summed E-state index contributed by atoms with van der Waals surface area (Å²) in [6, 6.07) is 14.0. The lowest BCUT2D eigenvalue weighted by Crippen LogP contribution is -2.29. The highest BCUT2D eigenvalue weighted by Crippen LogP contribution is 2.29. The fourth-order valence-corrected chi connectivity index (χ4v) is 3.85. The number of rotatable bonds is 7. The Hall–Kier alpha value is -3.97. The molecule has 0 aliphatic heterocycles. The van der Waals surface area contributed by atoms with Gasteiger partial charge in [-0.15, -0.1) is 0 Å². The van der Waals surface area contributed by atoms with Crippen LogP contribution >= 0.6 is 11.6 Å². The lowest BCUT2D eigenvalue weighted by atomic mass is 10.0. The summed E-state index contributed by atoms with van der Waals surface area (Å²) in [4.78, 5) is 43.1. The molecule has 2 aromatic carbocycles. The second-order valence-corrected chi connectivity index (χ2v) is 8.24. The number of benzene rings is 2. The third-order valence-corrected chi connectivity index (χ3v) is 5.76. The lowest BCUT2D eigenvalue weighted by Gasteiger charge is -2.15. The first kappa shape index (κ1) is 23.2. The number of ether oxygens (including phenoxy) is 1. The Kier molecular flexibility index (Phi) is 6.75. The zero-order valence-corrected chi connectivity index (χ0v) is 19.4. The molecule has 7 nitrogen and oxygen atoms in total. The van der Waals surface area contributed by atoms with E-state index < -0.39 is 11.2 Å². The van der Waals surface area contributed by atoms with E-state index in [1.165, 1.54) is 43.9 Å². The molecule has 34 heavy (non-hydrogen) atoms. The van der Waals surface area contributed by atoms with Crippen molar-refractivity contribution in [1.29, 1.82) is 0 Å². The number of nitrogens with one attached hydrogen (secondary N) is 1. The van der Waals surface area contributed by atoms with Crippen LogP contribution in [0.25, 0.3) is 10.9 Å². The van der Waals surface area contributed by atoms with Crippen molar-refractivity contribution in [3.05, 3.63) is 105 Å². The van der Waals surface area contributed by atoms with E-state index in [1.807, 2.05) is 31.2 Å². The summed E-state index contributed by atoms with van der Waals surface area (Å²) >= 11 is 6.30. The molecule has 0 atom stereocenters. The number of amides is 1. The van der Waals surface area contributed by atoms with Crippen LogP contribution in [0.3, 0.4) is 0 Å². The summed E-state index contributed by atoms with van der Waals surface area (Å²) in [5.41, 5.74) is 2.31. The number of hydrogen-bond acceptors (Lipinski definition) is 5. The van der Waals surface area contributed by atoms with Crippen molar-refractivity contribution in [2.45, 2.75) is 20.0 Å². The quantitative estimate of drug-likeness (QED) is 0.409. The highest BCUT2D eigenvalue weighted by Gasteiger charge is 2.20. The molecule has 1 N–H and O–H groups in total. The fraction of sp³-hybridized carbons (Fsp3) is 0.154. The highest BCUT2D eigenvalue weighted by atomic mass is 35.5. The van der Waals surface area contributed by atoms with Gasteiger partial charge in [0.05, 0.1) is 28.6 Å². The van der Waals surface area contributed by atoms with Crippen molar-refractivity contribution in [1.82, 2.24) is 14.9 Å². The molecular weight excluding hydrogens is 454 g/mol. The van der Waals surface area contributed by atoms with Crippen molar-refractivity contribution < 1.29 is 14.3 Å². The second kappa shape index (κ2) is 9.89. The van der Waals surface area contributed by atoms with Gasteiger partial charge in [-0.3, -0.25) is 19.4 Å². The number of ketones is 1. The first-order valence-corrected chi connectivity index (χ1v) is 10.9. The maximum atomic E-state index is 13.2. The van der Waals surface area contributed by atoms with E-state index in [9.17, 15) is 14.4 Å². The van der Waals surface area contributed by atoms with Gasteiger partial charge in [-0.25, -0.2) is 0 Å². The van der Waals surface area contributed by atoms with E-state index in [2.05, 4.69) is 10.3 Å². The Morgan fingerprint density at radius 1 is 1.09 bits per heavy atom. The van der Waals surface area contributed by atoms with Crippen molar-refractivity contribution in [3.8, 4) is 5.75 Å². The van der Waals surface area contributed by atoms with Gasteiger partial charge in [0, 0.05) is 30.7 Å². The van der Waals surface area contributed by atoms with Crippen LogP contribution in [0.1, 0.15) is 27.0 Å². The molecule has 0 bridgehead atoms. The predicted octanol–water partition coefficient (Wildman–Crippen LogP) is 3.91. The number of fused-ring (bicyclic) bond motifs is 1. The van der Waals surface area contributed by atoms with Crippen molar-refractivity contribution in [2.75, 3.05) is 7.11 Å². The van der Waals surface area contributed by atoms with Crippen LogP contribution in [0.2, 0.25) is 5.02 Å². The molecule has 8 heteroatoms. The van der Waals surface area contributed by atoms with Crippen LogP contribution in [0.4, 0.5) is 0 Å². The maximum Gasteiger partial charge on any atom is 0.240 e. The summed E-state index contributed by atoms with van der Waals surface area (Å²) < 4.78 is 6.81. The lowest BCUT2D eigenvalue weighted by molar-refractivity contribution is -0.121. The van der Waals surface area contributed by atoms with Gasteiger partial charge >= 0.3 is 0 Å². The van der Waals surface area contributed by atoms with E-state index in [0.717, 1.165) is 11.1 Å². The van der Waals surface area contributed by atoms with Gasteiger partial charge in [-0.05, 0) is 36.8 Å². The van der Waals surface area contributed by atoms with Gasteiger partial charge in [0.25, 0.3) is 0 Å². The topological polar surface area (TPSA) is 90.3 Å². The molecule has 0 saturated carbocycles. The van der Waals surface area contributed by atoms with Gasteiger partial charge < -0.3 is 14.6 Å². The summed E-state index contributed by atoms with van der Waals surface area (Å²) in [7, 11) is 1.44. The monoisotopic (exact) mass is 475 g/mol. The van der Waals surface area contributed by atoms with Crippen LogP contribution in [0.15, 0.2) is 71.9 Å². The SMILES string of the molecule is COc1cc2c(=O)c(C(=O)c3ccncc3)cn(CC(=O)NCc3ccc(C)cc3)c2cc1Cl. The molecule has 1 amide bonds. The highest BCUT2D eigenvalue weighted by molar-refractivity contribution is 6.32. The minimum Gasteiger partial charge on any atom is -0.495 e. The molecule has 0 radical (unpaired) electrons. The molecule has 2 heterocycles. The van der Waals surface area contributed by atoms with Gasteiger partial charge in [0.15, 0.2) is 5.78 Å². The molecule has 4 aromatic rings. The van der Waals surface area contributed by atoms with Gasteiger partial charge in [0.1, 0.15) is 12.3 Å². The molecule has 0 spiro atoms. The molecule has 0 unspecified atom stereocenters. The van der Waals surface area contributed by atoms with Crippen LogP contribution in [-0.2, 0) is 17.9 Å². The molecule has 0 aliphatic carbocycles. The molecule has 172 valence electrons. The maximum absolute atomic E-state index is 13.2. The third kappa shape index (κ3) is 4.84. The standard InChI is InChI=1S/C26H22ClN3O4/c1-16-3-5-17(6-4-16)13-29-24(31)15-30-14-20(25(32)18-7-9-28-10-8-18)26(33)19-11-23(34-2)21(27)12-22(19)30/h3-12,14H,13,15H2,1-2H3,(H,29,31). The Morgan fingerprint density at radius 2 is 1.79 bits per heavy atom. The predicted molar refractivity (Wildman–Crippen MR) is 130 cm³/mol. The minimum atomic E-state index is -0.469. The van der Waals surface area contributed by atoms with Gasteiger partial charge in [0.2, 0.25) is 11.3 Å². The Labute approximate surface area is 201 Å². The number of aromatic nitrogens is 2. The number of nitrogens with zero attached hydrogens (tertiary/aromatic N) is 2. The zero-order valence-electron chi connectivity index (χ0n) is 18.7. The van der Waals surface area contributed by atoms with E-state index in [0.29, 0.717) is 23.4 Å². The first-order chi connectivity index (χ1) is 16.4. The Balaban J connectivity index is 1.73. The summed E-state index contributed by atoms with van der Waals surface area (Å²) in [5, 5.41) is 3.39. The van der Waals surface area contributed by atoms with Crippen LogP contribution < -0.4 is 15.5 Å². The summed E-state index contributed by atoms with van der Waals surface area (Å²) in [6.45, 7) is 2.24. The number of pyridine rings is 2. The number of aryl methyl sites for hydroxylation is 1. The fourth-order valence-electron chi connectivity index (χ4n) is 3.62. The molecule has 4 rings (SSSR count). The normalized spacial score (nSPS) is 10.8. The van der Waals surface area contributed by atoms with E-state index in [4.69, 9.17) is 16.3 Å². The van der Waals surface area contributed by atoms with Crippen LogP contribution in [0, 0.1) is 6.92 Å². The van der Waals surface area contributed by atoms with Gasteiger partial charge in [-0.1, -0.05) is 41.4 Å². The van der Waals surface area contributed by atoms with Crippen LogP contribution in [-0.4, -0.2) is 28.4 Å². The second-order valence-electron chi connectivity index (χ2n) is 7.83. The number of carbonyl (C=O) groups excluding carboxylic acids is 2. The Bertz CT molecular complexity index is 1430. The number of carbonyl (C=O) groups is 2. The molecular formula is C26H22ClN3O4. The average Bonchev–Trinajstić information content (AvgIpc) is 2.85. The van der Waals surface area contributed by atoms with Crippen molar-refractivity contribution in [3.63, 3.8) is 0 Å². The Morgan fingerprint density at radius 3 is 2.47 bits per heavy atom. The zero-order chi connectivity index (χ0) is 24.2. The number of halogens is 1. The van der Waals surface area contributed by atoms with Crippen molar-refractivity contribution >= 4 is 34.2 Å². The van der Waals surface area contributed by atoms with E-state index in [-0.39, 0.29) is 28.4 Å². The number of methoxy groups -OCH3 is 1.